The van der Waals surface area contributed by atoms with Crippen LogP contribution in [0.15, 0.2) is 36.4 Å². The molecule has 0 aliphatic heterocycles. The molecular weight excluding hydrogens is 428 g/mol. The van der Waals surface area contributed by atoms with Crippen LogP contribution in [0.25, 0.3) is 11.3 Å². The Hall–Kier alpha value is -2.89. The van der Waals surface area contributed by atoms with Gasteiger partial charge in [-0.3, -0.25) is 14.5 Å². The highest BCUT2D eigenvalue weighted by Crippen LogP contribution is 2.32. The van der Waals surface area contributed by atoms with Gasteiger partial charge in [0.2, 0.25) is 5.91 Å². The van der Waals surface area contributed by atoms with Gasteiger partial charge in [-0.05, 0) is 49.1 Å². The first-order chi connectivity index (χ1) is 16.5. The molecule has 0 saturated carbocycles. The molecule has 0 fully saturated rings. The van der Waals surface area contributed by atoms with Crippen LogP contribution in [0.5, 0.6) is 5.75 Å². The maximum atomic E-state index is 12.7. The number of aromatic nitrogens is 1. The number of amides is 1. The van der Waals surface area contributed by atoms with E-state index in [1.807, 2.05) is 36.4 Å². The van der Waals surface area contributed by atoms with Gasteiger partial charge in [-0.2, -0.15) is 0 Å². The molecule has 2 rings (SSSR count). The minimum atomic E-state index is -0.819. The minimum Gasteiger partial charge on any atom is -0.493 e. The first kappa shape index (κ1) is 27.4. The summed E-state index contributed by atoms with van der Waals surface area (Å²) in [6, 6.07) is 11.4. The van der Waals surface area contributed by atoms with Crippen LogP contribution in [0.3, 0.4) is 0 Å². The second-order valence-electron chi connectivity index (χ2n) is 8.78. The molecule has 2 aromatic rings. The lowest BCUT2D eigenvalue weighted by molar-refractivity contribution is -0.137. The fraction of sp³-hybridized carbons (Fsp3) is 0.536. The summed E-state index contributed by atoms with van der Waals surface area (Å²) >= 11 is 0. The third kappa shape index (κ3) is 9.16. The Balaban J connectivity index is 2.13. The molecule has 1 aromatic carbocycles. The minimum absolute atomic E-state index is 0.0728. The van der Waals surface area contributed by atoms with E-state index in [0.717, 1.165) is 42.5 Å². The fourth-order valence-corrected chi connectivity index (χ4v) is 3.74. The molecule has 0 saturated heterocycles. The standard InChI is InChI=1S/C28H40N2O4/c1-4-6-8-9-10-11-15-27(31)30(3)26-14-12-13-24(29-26)23-18-16-22(17-19-28(32)33)21-25(23)34-20-7-5-2/h12-14,16,18,21H,4-11,15,17,19-20H2,1-3H3,(H,32,33). The number of nitrogens with zero attached hydrogens (tertiary/aromatic N) is 2. The molecule has 1 aromatic heterocycles. The van der Waals surface area contributed by atoms with Gasteiger partial charge in [0.1, 0.15) is 11.6 Å². The maximum absolute atomic E-state index is 12.7. The fourth-order valence-electron chi connectivity index (χ4n) is 3.74. The summed E-state index contributed by atoms with van der Waals surface area (Å²) in [5.41, 5.74) is 2.49. The Morgan fingerprint density at radius 2 is 1.68 bits per heavy atom. The first-order valence-corrected chi connectivity index (χ1v) is 12.7. The lowest BCUT2D eigenvalue weighted by atomic mass is 10.0. The van der Waals surface area contributed by atoms with Gasteiger partial charge in [0.25, 0.3) is 0 Å². The molecule has 0 radical (unpaired) electrons. The molecule has 0 spiro atoms. The van der Waals surface area contributed by atoms with E-state index in [-0.39, 0.29) is 12.3 Å². The number of hydrogen-bond donors (Lipinski definition) is 1. The van der Waals surface area contributed by atoms with Crippen LogP contribution in [-0.4, -0.2) is 35.6 Å². The number of carboxylic acid groups (broad SMARTS) is 1. The molecule has 34 heavy (non-hydrogen) atoms. The highest BCUT2D eigenvalue weighted by molar-refractivity contribution is 5.92. The molecule has 6 heteroatoms. The van der Waals surface area contributed by atoms with Gasteiger partial charge >= 0.3 is 5.97 Å². The van der Waals surface area contributed by atoms with Crippen LogP contribution >= 0.6 is 0 Å². The Labute approximate surface area is 204 Å². The van der Waals surface area contributed by atoms with Gasteiger partial charge in [-0.1, -0.05) is 64.5 Å². The highest BCUT2D eigenvalue weighted by atomic mass is 16.5. The van der Waals surface area contributed by atoms with E-state index in [9.17, 15) is 9.59 Å². The van der Waals surface area contributed by atoms with Crippen molar-refractivity contribution in [2.24, 2.45) is 0 Å². The smallest absolute Gasteiger partial charge is 0.303 e. The summed E-state index contributed by atoms with van der Waals surface area (Å²) in [5, 5.41) is 9.01. The number of anilines is 1. The predicted octanol–water partition coefficient (Wildman–Crippen LogP) is 6.66. The van der Waals surface area contributed by atoms with Gasteiger partial charge in [0.05, 0.1) is 12.3 Å². The zero-order valence-corrected chi connectivity index (χ0v) is 21.0. The molecule has 0 unspecified atom stereocenters. The third-order valence-electron chi connectivity index (χ3n) is 5.90. The van der Waals surface area contributed by atoms with Crippen molar-refractivity contribution in [2.45, 2.75) is 84.5 Å². The Morgan fingerprint density at radius 1 is 0.941 bits per heavy atom. The molecule has 0 aliphatic carbocycles. The van der Waals surface area contributed by atoms with Crippen molar-refractivity contribution >= 4 is 17.7 Å². The number of ether oxygens (including phenoxy) is 1. The maximum Gasteiger partial charge on any atom is 0.303 e. The van der Waals surface area contributed by atoms with Crippen molar-refractivity contribution in [1.82, 2.24) is 4.98 Å². The molecule has 1 amide bonds. The Bertz CT molecular complexity index is 913. The van der Waals surface area contributed by atoms with E-state index in [2.05, 4.69) is 13.8 Å². The Kier molecular flexibility index (Phi) is 12.1. The van der Waals surface area contributed by atoms with Gasteiger partial charge in [0, 0.05) is 25.5 Å². The topological polar surface area (TPSA) is 79.7 Å². The number of aliphatic carboxylic acids is 1. The molecule has 186 valence electrons. The number of rotatable bonds is 16. The summed E-state index contributed by atoms with van der Waals surface area (Å²) in [6.45, 7) is 4.90. The van der Waals surface area contributed by atoms with Gasteiger partial charge < -0.3 is 9.84 Å². The average molecular weight is 469 g/mol. The van der Waals surface area contributed by atoms with E-state index in [4.69, 9.17) is 14.8 Å². The summed E-state index contributed by atoms with van der Waals surface area (Å²) in [4.78, 5) is 30.1. The zero-order valence-electron chi connectivity index (χ0n) is 21.0. The van der Waals surface area contributed by atoms with Crippen LogP contribution in [0.4, 0.5) is 5.82 Å². The highest BCUT2D eigenvalue weighted by Gasteiger charge is 2.15. The number of pyridine rings is 1. The number of carboxylic acids is 1. The molecule has 6 nitrogen and oxygen atoms in total. The molecule has 1 heterocycles. The van der Waals surface area contributed by atoms with Crippen molar-refractivity contribution in [3.8, 4) is 17.0 Å². The van der Waals surface area contributed by atoms with E-state index in [1.165, 1.54) is 25.7 Å². The first-order valence-electron chi connectivity index (χ1n) is 12.7. The van der Waals surface area contributed by atoms with E-state index < -0.39 is 5.97 Å². The second-order valence-corrected chi connectivity index (χ2v) is 8.78. The normalized spacial score (nSPS) is 10.8. The van der Waals surface area contributed by atoms with Gasteiger partial charge in [-0.15, -0.1) is 0 Å². The molecular formula is C28H40N2O4. The van der Waals surface area contributed by atoms with E-state index in [0.29, 0.717) is 31.0 Å². The molecule has 0 atom stereocenters. The van der Waals surface area contributed by atoms with Crippen molar-refractivity contribution in [3.05, 3.63) is 42.0 Å². The molecule has 1 N–H and O–H groups in total. The number of aryl methyl sites for hydroxylation is 1. The number of hydrogen-bond acceptors (Lipinski definition) is 4. The number of carbonyl (C=O) groups excluding carboxylic acids is 1. The summed E-state index contributed by atoms with van der Waals surface area (Å²) in [6.07, 6.45) is 9.89. The van der Waals surface area contributed by atoms with Crippen LogP contribution in [0.1, 0.15) is 83.6 Å². The molecule has 0 aliphatic rings. The van der Waals surface area contributed by atoms with Crippen molar-refractivity contribution in [3.63, 3.8) is 0 Å². The summed E-state index contributed by atoms with van der Waals surface area (Å²) in [7, 11) is 1.78. The monoisotopic (exact) mass is 468 g/mol. The number of benzene rings is 1. The van der Waals surface area contributed by atoms with Gasteiger partial charge in [-0.25, -0.2) is 4.98 Å². The SMILES string of the molecule is CCCCCCCCC(=O)N(C)c1cccc(-c2ccc(CCC(=O)O)cc2OCCCC)n1. The largest absolute Gasteiger partial charge is 0.493 e. The average Bonchev–Trinajstić information content (AvgIpc) is 2.84. The third-order valence-corrected chi connectivity index (χ3v) is 5.90. The van der Waals surface area contributed by atoms with Crippen molar-refractivity contribution in [2.75, 3.05) is 18.6 Å². The second kappa shape index (κ2) is 15.1. The predicted molar refractivity (Wildman–Crippen MR) is 137 cm³/mol. The number of carbonyl (C=O) groups is 2. The van der Waals surface area contributed by atoms with E-state index >= 15 is 0 Å². The summed E-state index contributed by atoms with van der Waals surface area (Å²) in [5.74, 6) is 0.564. The van der Waals surface area contributed by atoms with Crippen LogP contribution in [-0.2, 0) is 16.0 Å². The Morgan fingerprint density at radius 3 is 2.41 bits per heavy atom. The zero-order chi connectivity index (χ0) is 24.8. The van der Waals surface area contributed by atoms with Gasteiger partial charge in [0.15, 0.2) is 0 Å². The lowest BCUT2D eigenvalue weighted by Crippen LogP contribution is -2.26. The van der Waals surface area contributed by atoms with Crippen LogP contribution in [0, 0.1) is 0 Å². The van der Waals surface area contributed by atoms with Crippen molar-refractivity contribution < 1.29 is 19.4 Å². The number of unbranched alkanes of at least 4 members (excludes halogenated alkanes) is 6. The van der Waals surface area contributed by atoms with Crippen LogP contribution < -0.4 is 9.64 Å². The lowest BCUT2D eigenvalue weighted by Gasteiger charge is -2.18. The quantitative estimate of drug-likeness (QED) is 0.279. The van der Waals surface area contributed by atoms with Crippen molar-refractivity contribution in [1.29, 1.82) is 0 Å². The van der Waals surface area contributed by atoms with Crippen LogP contribution in [0.2, 0.25) is 0 Å². The summed E-state index contributed by atoms with van der Waals surface area (Å²) < 4.78 is 6.05. The molecule has 0 bridgehead atoms. The van der Waals surface area contributed by atoms with E-state index in [1.54, 1.807) is 11.9 Å².